The molecule has 0 fully saturated rings. The number of nitrogens with two attached hydrogens (primary N) is 1. The second-order valence-corrected chi connectivity index (χ2v) is 4.71. The molecule has 108 valence electrons. The van der Waals surface area contributed by atoms with Crippen LogP contribution in [0.1, 0.15) is 11.6 Å². The van der Waals surface area contributed by atoms with Gasteiger partial charge in [-0.1, -0.05) is 41.9 Å². The first-order valence-corrected chi connectivity index (χ1v) is 6.42. The highest BCUT2D eigenvalue weighted by Gasteiger charge is 2.18. The van der Waals surface area contributed by atoms with Gasteiger partial charge >= 0.3 is 0 Å². The lowest BCUT2D eigenvalue weighted by Crippen LogP contribution is -2.27. The van der Waals surface area contributed by atoms with Crippen molar-refractivity contribution in [2.24, 2.45) is 5.73 Å². The molecule has 0 aliphatic carbocycles. The van der Waals surface area contributed by atoms with Gasteiger partial charge in [-0.2, -0.15) is 0 Å². The number of nitro benzene ring substituents is 1. The van der Waals surface area contributed by atoms with Gasteiger partial charge in [0.15, 0.2) is 0 Å². The molecule has 0 spiro atoms. The van der Waals surface area contributed by atoms with E-state index in [0.29, 0.717) is 5.56 Å². The number of nitro groups is 1. The molecule has 21 heavy (non-hydrogen) atoms. The van der Waals surface area contributed by atoms with Crippen molar-refractivity contribution in [3.63, 3.8) is 0 Å². The van der Waals surface area contributed by atoms with E-state index in [1.165, 1.54) is 18.2 Å². The summed E-state index contributed by atoms with van der Waals surface area (Å²) in [7, 11) is 0. The number of hydrogen-bond acceptors (Lipinski definition) is 4. The fourth-order valence-electron chi connectivity index (χ4n) is 1.76. The van der Waals surface area contributed by atoms with E-state index in [1.807, 2.05) is 6.07 Å². The first-order chi connectivity index (χ1) is 9.99. The van der Waals surface area contributed by atoms with Crippen LogP contribution in [0.4, 0.5) is 11.4 Å². The number of carbonyl (C=O) groups is 1. The van der Waals surface area contributed by atoms with Crippen molar-refractivity contribution < 1.29 is 9.72 Å². The Balaban J connectivity index is 2.16. The summed E-state index contributed by atoms with van der Waals surface area (Å²) in [5.74, 6) is -0.460. The molecule has 0 saturated carbocycles. The third-order valence-corrected chi connectivity index (χ3v) is 3.17. The Hall–Kier alpha value is -2.44. The number of nitrogens with zero attached hydrogens (tertiary/aromatic N) is 1. The van der Waals surface area contributed by atoms with Crippen molar-refractivity contribution in [2.45, 2.75) is 6.04 Å². The minimum Gasteiger partial charge on any atom is -0.324 e. The molecule has 2 aromatic rings. The molecule has 0 saturated heterocycles. The molecule has 6 nitrogen and oxygen atoms in total. The van der Waals surface area contributed by atoms with Crippen molar-refractivity contribution in [2.75, 3.05) is 5.32 Å². The van der Waals surface area contributed by atoms with Crippen LogP contribution in [0.2, 0.25) is 5.02 Å². The molecule has 0 bridgehead atoms. The van der Waals surface area contributed by atoms with Gasteiger partial charge in [-0.25, -0.2) is 0 Å². The maximum absolute atomic E-state index is 12.0. The normalized spacial score (nSPS) is 11.7. The van der Waals surface area contributed by atoms with E-state index in [1.54, 1.807) is 24.3 Å². The van der Waals surface area contributed by atoms with Crippen molar-refractivity contribution in [1.82, 2.24) is 0 Å². The van der Waals surface area contributed by atoms with E-state index in [0.717, 1.165) is 0 Å². The molecule has 2 aromatic carbocycles. The largest absolute Gasteiger partial charge is 0.324 e. The average Bonchev–Trinajstić information content (AvgIpc) is 2.49. The minimum absolute atomic E-state index is 0.00496. The van der Waals surface area contributed by atoms with Gasteiger partial charge in [0, 0.05) is 11.8 Å². The van der Waals surface area contributed by atoms with E-state index >= 15 is 0 Å². The van der Waals surface area contributed by atoms with Crippen LogP contribution < -0.4 is 11.1 Å². The van der Waals surface area contributed by atoms with Gasteiger partial charge in [-0.3, -0.25) is 14.9 Å². The lowest BCUT2D eigenvalue weighted by Gasteiger charge is -2.12. The summed E-state index contributed by atoms with van der Waals surface area (Å²) >= 11 is 5.71. The molecule has 1 unspecified atom stereocenters. The van der Waals surface area contributed by atoms with Crippen LogP contribution in [-0.4, -0.2) is 10.8 Å². The summed E-state index contributed by atoms with van der Waals surface area (Å²) < 4.78 is 0. The SMILES string of the molecule is NC(C(=O)Nc1ccc(Cl)c([N+](=O)[O-])c1)c1ccccc1. The molecule has 0 radical (unpaired) electrons. The topological polar surface area (TPSA) is 98.3 Å². The predicted molar refractivity (Wildman–Crippen MR) is 80.1 cm³/mol. The fourth-order valence-corrected chi connectivity index (χ4v) is 1.95. The molecule has 0 aromatic heterocycles. The zero-order valence-electron chi connectivity index (χ0n) is 10.8. The summed E-state index contributed by atoms with van der Waals surface area (Å²) in [4.78, 5) is 22.2. The highest BCUT2D eigenvalue weighted by Crippen LogP contribution is 2.27. The van der Waals surface area contributed by atoms with Crippen LogP contribution in [0.25, 0.3) is 0 Å². The number of halogens is 1. The molecule has 7 heteroatoms. The van der Waals surface area contributed by atoms with Gasteiger partial charge < -0.3 is 11.1 Å². The Morgan fingerprint density at radius 1 is 1.24 bits per heavy atom. The minimum atomic E-state index is -0.860. The average molecular weight is 306 g/mol. The van der Waals surface area contributed by atoms with Gasteiger partial charge in [0.25, 0.3) is 5.69 Å². The van der Waals surface area contributed by atoms with Gasteiger partial charge in [-0.05, 0) is 17.7 Å². The first-order valence-electron chi connectivity index (χ1n) is 6.04. The van der Waals surface area contributed by atoms with Gasteiger partial charge in [0.1, 0.15) is 11.1 Å². The lowest BCUT2D eigenvalue weighted by molar-refractivity contribution is -0.384. The predicted octanol–water partition coefficient (Wildman–Crippen LogP) is 2.89. The van der Waals surface area contributed by atoms with E-state index in [9.17, 15) is 14.9 Å². The second-order valence-electron chi connectivity index (χ2n) is 4.30. The molecule has 1 amide bonds. The van der Waals surface area contributed by atoms with Crippen LogP contribution in [0.3, 0.4) is 0 Å². The summed E-state index contributed by atoms with van der Waals surface area (Å²) in [6.07, 6.45) is 0. The van der Waals surface area contributed by atoms with E-state index in [-0.39, 0.29) is 16.4 Å². The Kier molecular flexibility index (Phi) is 4.52. The second kappa shape index (κ2) is 6.34. The fraction of sp³-hybridized carbons (Fsp3) is 0.0714. The first kappa shape index (κ1) is 15.0. The molecule has 2 rings (SSSR count). The Labute approximate surface area is 125 Å². The van der Waals surface area contributed by atoms with Gasteiger partial charge in [-0.15, -0.1) is 0 Å². The quantitative estimate of drug-likeness (QED) is 0.670. The number of anilines is 1. The van der Waals surface area contributed by atoms with Crippen LogP contribution in [-0.2, 0) is 4.79 Å². The van der Waals surface area contributed by atoms with Crippen molar-refractivity contribution in [3.8, 4) is 0 Å². The number of rotatable bonds is 4. The number of amides is 1. The van der Waals surface area contributed by atoms with Gasteiger partial charge in [0.05, 0.1) is 4.92 Å². The van der Waals surface area contributed by atoms with Crippen LogP contribution >= 0.6 is 11.6 Å². The molecule has 0 aliphatic rings. The highest BCUT2D eigenvalue weighted by molar-refractivity contribution is 6.32. The lowest BCUT2D eigenvalue weighted by atomic mass is 10.1. The molecule has 0 heterocycles. The standard InChI is InChI=1S/C14H12ClN3O3/c15-11-7-6-10(8-12(11)18(20)21)17-14(19)13(16)9-4-2-1-3-5-9/h1-8,13H,16H2,(H,17,19). The number of nitrogens with one attached hydrogen (secondary N) is 1. The van der Waals surface area contributed by atoms with Crippen molar-refractivity contribution in [3.05, 3.63) is 69.2 Å². The maximum atomic E-state index is 12.0. The summed E-state index contributed by atoms with van der Waals surface area (Å²) in [6, 6.07) is 12.0. The monoisotopic (exact) mass is 305 g/mol. The smallest absolute Gasteiger partial charge is 0.289 e. The molecule has 3 N–H and O–H groups in total. The van der Waals surface area contributed by atoms with Gasteiger partial charge in [0.2, 0.25) is 5.91 Å². The molecule has 0 aliphatic heterocycles. The van der Waals surface area contributed by atoms with Crippen LogP contribution in [0.5, 0.6) is 0 Å². The van der Waals surface area contributed by atoms with Crippen molar-refractivity contribution in [1.29, 1.82) is 0 Å². The third kappa shape index (κ3) is 3.56. The molecular formula is C14H12ClN3O3. The zero-order valence-corrected chi connectivity index (χ0v) is 11.6. The summed E-state index contributed by atoms with van der Waals surface area (Å²) in [6.45, 7) is 0. The Morgan fingerprint density at radius 2 is 1.90 bits per heavy atom. The number of hydrogen-bond donors (Lipinski definition) is 2. The van der Waals surface area contributed by atoms with E-state index < -0.39 is 16.9 Å². The van der Waals surface area contributed by atoms with E-state index in [4.69, 9.17) is 17.3 Å². The van der Waals surface area contributed by atoms with Crippen molar-refractivity contribution >= 4 is 28.9 Å². The Bertz CT molecular complexity index is 676. The third-order valence-electron chi connectivity index (χ3n) is 2.85. The van der Waals surface area contributed by atoms with Crippen LogP contribution in [0.15, 0.2) is 48.5 Å². The number of benzene rings is 2. The molecular weight excluding hydrogens is 294 g/mol. The highest BCUT2D eigenvalue weighted by atomic mass is 35.5. The number of carbonyl (C=O) groups excluding carboxylic acids is 1. The van der Waals surface area contributed by atoms with Crippen LogP contribution in [0, 0.1) is 10.1 Å². The Morgan fingerprint density at radius 3 is 2.52 bits per heavy atom. The summed E-state index contributed by atoms with van der Waals surface area (Å²) in [5, 5.41) is 13.3. The molecule has 1 atom stereocenters. The van der Waals surface area contributed by atoms with E-state index in [2.05, 4.69) is 5.32 Å². The maximum Gasteiger partial charge on any atom is 0.289 e. The zero-order chi connectivity index (χ0) is 15.4. The summed E-state index contributed by atoms with van der Waals surface area (Å²) in [5.41, 5.74) is 6.48.